The Hall–Kier alpha value is -15.5. The number of nitrogens with zero attached hydrogens (tertiary/aromatic N) is 33. The minimum Gasteiger partial charge on any atom is -0.495 e. The zero-order chi connectivity index (χ0) is 83.7. The first-order valence-electron chi connectivity index (χ1n) is 36.0. The number of benzene rings is 1. The molecule has 17 aromatic heterocycles. The fourth-order valence-electron chi connectivity index (χ4n) is 10.3. The van der Waals surface area contributed by atoms with Crippen molar-refractivity contribution >= 4 is 11.6 Å². The van der Waals surface area contributed by atoms with E-state index in [1.54, 1.807) is 161 Å². The summed E-state index contributed by atoms with van der Waals surface area (Å²) in [4.78, 5) is 60.3. The summed E-state index contributed by atoms with van der Waals surface area (Å²) >= 11 is 5.77. The highest BCUT2D eigenvalue weighted by Crippen LogP contribution is 2.22. The van der Waals surface area contributed by atoms with E-state index in [-0.39, 0.29) is 19.1 Å². The van der Waals surface area contributed by atoms with Gasteiger partial charge in [-0.3, -0.25) is 9.97 Å². The van der Waals surface area contributed by atoms with E-state index >= 15 is 0 Å². The molecular formula is C82H84ClF2N33O. The number of ether oxygens (including phenoxy) is 1. The molecule has 18 rings (SSSR count). The van der Waals surface area contributed by atoms with Crippen LogP contribution in [-0.4, -0.2) is 172 Å². The second-order valence-corrected chi connectivity index (χ2v) is 25.4. The maximum absolute atomic E-state index is 12.8. The van der Waals surface area contributed by atoms with Gasteiger partial charge in [0.1, 0.15) is 40.3 Å². The van der Waals surface area contributed by atoms with E-state index in [1.807, 2.05) is 154 Å². The molecule has 1 aromatic carbocycles. The summed E-state index contributed by atoms with van der Waals surface area (Å²) in [7, 11) is 1.61. The zero-order valence-electron chi connectivity index (χ0n) is 66.5. The Bertz CT molecular complexity index is 5740. The van der Waals surface area contributed by atoms with Gasteiger partial charge in [-0.05, 0) is 189 Å². The monoisotopic (exact) mass is 1620 g/mol. The predicted molar refractivity (Wildman–Crippen MR) is 442 cm³/mol. The van der Waals surface area contributed by atoms with Crippen LogP contribution in [0, 0.1) is 94.7 Å². The van der Waals surface area contributed by atoms with Crippen LogP contribution in [-0.2, 0) is 0 Å². The lowest BCUT2D eigenvalue weighted by Crippen LogP contribution is -2.04. The first-order chi connectivity index (χ1) is 57.2. The van der Waals surface area contributed by atoms with Gasteiger partial charge in [-0.25, -0.2) is 58.6 Å². The predicted octanol–water partition coefficient (Wildman–Crippen LogP) is 13.6. The molecule has 0 bridgehead atoms. The molecule has 34 nitrogen and oxygen atoms in total. The Morgan fingerprint density at radius 2 is 0.714 bits per heavy atom. The molecule has 18 aromatic rings. The van der Waals surface area contributed by atoms with E-state index < -0.39 is 0 Å². The second kappa shape index (κ2) is 44.2. The summed E-state index contributed by atoms with van der Waals surface area (Å²) in [5, 5.41) is 56.5. The molecule has 17 heterocycles. The minimum absolute atomic E-state index is 0. The van der Waals surface area contributed by atoms with E-state index in [4.69, 9.17) is 16.3 Å². The van der Waals surface area contributed by atoms with Crippen molar-refractivity contribution in [1.82, 2.24) is 165 Å². The fraction of sp³-hybridized carbons (Fsp3) is 0.171. The number of rotatable bonds is 10. The van der Waals surface area contributed by atoms with E-state index in [9.17, 15) is 8.78 Å². The number of halogens is 3. The summed E-state index contributed by atoms with van der Waals surface area (Å²) < 4.78 is 30.5. The molecule has 0 saturated carbocycles. The average Bonchev–Trinajstić information content (AvgIpc) is 1.67. The largest absolute Gasteiger partial charge is 0.495 e. The quantitative estimate of drug-likeness (QED) is 0.123. The summed E-state index contributed by atoms with van der Waals surface area (Å²) in [6, 6.07) is 34.0. The summed E-state index contributed by atoms with van der Waals surface area (Å²) in [6.07, 6.45) is 36.8. The molecule has 0 aliphatic carbocycles. The minimum atomic E-state index is -0.353. The van der Waals surface area contributed by atoms with Gasteiger partial charge in [0.25, 0.3) is 0 Å². The van der Waals surface area contributed by atoms with Crippen LogP contribution in [0.5, 0.6) is 5.75 Å². The highest BCUT2D eigenvalue weighted by molar-refractivity contribution is 6.30. The first kappa shape index (κ1) is 87.5. The highest BCUT2D eigenvalue weighted by Gasteiger charge is 2.12. The van der Waals surface area contributed by atoms with Gasteiger partial charge in [-0.15, -0.1) is 33.6 Å². The van der Waals surface area contributed by atoms with Crippen molar-refractivity contribution in [2.24, 2.45) is 0 Å². The Morgan fingerprint density at radius 3 is 1.20 bits per heavy atom. The van der Waals surface area contributed by atoms with Crippen LogP contribution >= 0.6 is 11.6 Å². The number of aromatic nitrogens is 33. The van der Waals surface area contributed by atoms with Gasteiger partial charge < -0.3 is 4.74 Å². The Labute approximate surface area is 689 Å². The molecule has 0 fully saturated rings. The fourth-order valence-corrected chi connectivity index (χ4v) is 10.6. The second-order valence-electron chi connectivity index (χ2n) is 24.9. The molecule has 119 heavy (non-hydrogen) atoms. The van der Waals surface area contributed by atoms with Crippen molar-refractivity contribution in [2.45, 2.75) is 90.5 Å². The molecule has 0 atom stereocenters. The van der Waals surface area contributed by atoms with Gasteiger partial charge in [0.2, 0.25) is 0 Å². The van der Waals surface area contributed by atoms with Gasteiger partial charge in [0, 0.05) is 54.1 Å². The van der Waals surface area contributed by atoms with E-state index in [0.717, 1.165) is 114 Å². The maximum atomic E-state index is 12.8. The van der Waals surface area contributed by atoms with Crippen LogP contribution in [0.1, 0.15) is 75.0 Å². The van der Waals surface area contributed by atoms with Crippen molar-refractivity contribution in [3.05, 3.63) is 336 Å². The van der Waals surface area contributed by atoms with E-state index in [1.165, 1.54) is 42.3 Å². The van der Waals surface area contributed by atoms with Gasteiger partial charge in [0.15, 0.2) is 34.9 Å². The van der Waals surface area contributed by atoms with Gasteiger partial charge in [0.05, 0.1) is 135 Å². The number of pyridine rings is 8. The average molecular weight is 1620 g/mol. The summed E-state index contributed by atoms with van der Waals surface area (Å²) in [6.45, 7) is 23.1. The van der Waals surface area contributed by atoms with Crippen molar-refractivity contribution in [3.8, 4) is 69.0 Å². The number of methoxy groups -OCH3 is 1. The standard InChI is InChI=1S/C12H12N2.C10H8FN3.C9H10N4O.2C9H10N4.C8H7ClN4.C8H7FN4.2C8H8N4.CH4/c1-9-8-13-10(2)14-12(9)11-6-4-3-5-7-11;1-7-5-8(11)6-14-9(7)10-12-3-2-4-13-10;1-7-5-8(14-2)6-10-9(7)13-11-3-4-12-13;1-7-3-4-9(8(2)12-7)13-10-5-6-11-13;1-7-3-4-8(2)12-9(7)13-10-5-6-11-13;2*1-6-4-7(9)5-10-8(6)13-11-2-3-12-13;1-7-8(3-2-4-9-7)12-10-5-6-11-12;1-7-3-2-4-9-8(7)12-10-5-6-11-12;/h3-8H,1-2H3;2-6H,1H3;3-6H,1-2H3;2*3-6H,1-2H3;2*2-5H,1H3;2*2-6H,1H3;1H4. The molecule has 0 saturated heterocycles. The third-order valence-electron chi connectivity index (χ3n) is 15.9. The Kier molecular flexibility index (Phi) is 32.5. The number of hydrogen-bond acceptors (Lipinski definition) is 27. The van der Waals surface area contributed by atoms with Gasteiger partial charge in [-0.1, -0.05) is 61.5 Å². The van der Waals surface area contributed by atoms with Gasteiger partial charge in [-0.2, -0.15) is 71.4 Å². The number of hydrogen-bond donors (Lipinski definition) is 0. The molecular weight excluding hydrogens is 1540 g/mol. The zero-order valence-corrected chi connectivity index (χ0v) is 67.2. The smallest absolute Gasteiger partial charge is 0.178 e. The Morgan fingerprint density at radius 1 is 0.294 bits per heavy atom. The lowest BCUT2D eigenvalue weighted by Gasteiger charge is -2.04. The molecule has 604 valence electrons. The van der Waals surface area contributed by atoms with Crippen LogP contribution < -0.4 is 4.74 Å². The molecule has 37 heteroatoms. The van der Waals surface area contributed by atoms with Crippen LogP contribution in [0.2, 0.25) is 5.02 Å². The normalized spacial score (nSPS) is 10.1. The van der Waals surface area contributed by atoms with Crippen molar-refractivity contribution in [1.29, 1.82) is 0 Å². The topological polar surface area (TPSA) is 379 Å². The van der Waals surface area contributed by atoms with Crippen LogP contribution in [0.25, 0.3) is 63.2 Å². The molecule has 0 radical (unpaired) electrons. The SMILES string of the molecule is C.COc1cnc(-n2nccn2)c(C)c1.Cc1cc(Cl)cnc1-n1nccn1.Cc1cc(F)cnc1-c1ncccn1.Cc1cc(F)cnc1-n1nccn1.Cc1ccc(-n2nccn2)c(C)n1.Cc1ccc(C)c(-n2nccn2)n1.Cc1cccnc1-n1nccn1.Cc1ncc(C)c(-c2ccccc2)n1.Cc1ncccc1-n1nccn1. The molecule has 0 amide bonds. The third kappa shape index (κ3) is 25.8. The molecule has 0 aliphatic rings. The lowest BCUT2D eigenvalue weighted by atomic mass is 10.1. The summed E-state index contributed by atoms with van der Waals surface area (Å²) in [5.41, 5.74) is 15.1. The van der Waals surface area contributed by atoms with Crippen LogP contribution in [0.3, 0.4) is 0 Å². The molecule has 0 aliphatic heterocycles. The van der Waals surface area contributed by atoms with Crippen molar-refractivity contribution < 1.29 is 13.5 Å². The van der Waals surface area contributed by atoms with Crippen molar-refractivity contribution in [3.63, 3.8) is 0 Å². The van der Waals surface area contributed by atoms with Crippen molar-refractivity contribution in [2.75, 3.05) is 7.11 Å². The first-order valence-corrected chi connectivity index (χ1v) is 36.4. The van der Waals surface area contributed by atoms with Crippen LogP contribution in [0.4, 0.5) is 8.78 Å². The molecule has 0 spiro atoms. The van der Waals surface area contributed by atoms with E-state index in [0.29, 0.717) is 33.7 Å². The lowest BCUT2D eigenvalue weighted by molar-refractivity contribution is 0.412. The maximum Gasteiger partial charge on any atom is 0.178 e. The number of aryl methyl sites for hydroxylation is 12. The molecule has 0 unspecified atom stereocenters. The molecule has 0 N–H and O–H groups in total. The third-order valence-corrected chi connectivity index (χ3v) is 16.1. The summed E-state index contributed by atoms with van der Waals surface area (Å²) in [5.74, 6) is 4.91. The Balaban J connectivity index is 0.000000152. The van der Waals surface area contributed by atoms with Crippen LogP contribution in [0.15, 0.2) is 252 Å². The van der Waals surface area contributed by atoms with Gasteiger partial charge >= 0.3 is 0 Å². The van der Waals surface area contributed by atoms with E-state index in [2.05, 4.69) is 143 Å². The highest BCUT2D eigenvalue weighted by atomic mass is 35.5.